The van der Waals surface area contributed by atoms with Gasteiger partial charge in [-0.25, -0.2) is 0 Å². The fourth-order valence-corrected chi connectivity index (χ4v) is 3.30. The number of aliphatic hydroxyl groups is 2. The summed E-state index contributed by atoms with van der Waals surface area (Å²) in [6, 6.07) is 5.01. The standard InChI is InChI=1S/C16H23Cl2NO3/c1-16(11-20)5-2-6-19(10-16)8-13(21)9-22-15-4-3-12(17)7-14(15)18/h3-4,7,13,20-21H,2,5-6,8-11H2,1H3. The molecule has 0 saturated carbocycles. The third-order valence-electron chi connectivity index (χ3n) is 4.04. The molecule has 1 fully saturated rings. The molecule has 2 rings (SSSR count). The van der Waals surface area contributed by atoms with E-state index in [0.717, 1.165) is 25.9 Å². The monoisotopic (exact) mass is 347 g/mol. The Labute approximate surface area is 141 Å². The number of piperidine rings is 1. The zero-order valence-electron chi connectivity index (χ0n) is 12.8. The van der Waals surface area contributed by atoms with Gasteiger partial charge in [0.15, 0.2) is 0 Å². The van der Waals surface area contributed by atoms with E-state index in [1.54, 1.807) is 18.2 Å². The van der Waals surface area contributed by atoms with Crippen LogP contribution in [-0.2, 0) is 0 Å². The highest BCUT2D eigenvalue weighted by atomic mass is 35.5. The Hall–Kier alpha value is -0.520. The molecule has 0 aliphatic carbocycles. The fraction of sp³-hybridized carbons (Fsp3) is 0.625. The maximum absolute atomic E-state index is 10.2. The number of β-amino-alcohol motifs (C(OH)–C–C–N with tert-alkyl or cyclic N) is 1. The number of hydrogen-bond acceptors (Lipinski definition) is 4. The van der Waals surface area contributed by atoms with Crippen molar-refractivity contribution in [1.29, 1.82) is 0 Å². The zero-order chi connectivity index (χ0) is 16.2. The Kier molecular flexibility index (Phi) is 6.36. The molecule has 1 saturated heterocycles. The molecule has 124 valence electrons. The van der Waals surface area contributed by atoms with Crippen LogP contribution in [-0.4, -0.2) is 54.1 Å². The number of halogens is 2. The molecule has 2 unspecified atom stereocenters. The number of benzene rings is 1. The summed E-state index contributed by atoms with van der Waals surface area (Å²) in [4.78, 5) is 2.18. The first-order valence-electron chi connectivity index (χ1n) is 7.51. The van der Waals surface area contributed by atoms with Gasteiger partial charge in [0, 0.05) is 30.1 Å². The quantitative estimate of drug-likeness (QED) is 0.830. The second-order valence-electron chi connectivity index (χ2n) is 6.35. The first kappa shape index (κ1) is 17.8. The Morgan fingerprint density at radius 3 is 2.86 bits per heavy atom. The molecule has 6 heteroatoms. The number of hydrogen-bond donors (Lipinski definition) is 2. The molecule has 1 aliphatic heterocycles. The summed E-state index contributed by atoms with van der Waals surface area (Å²) in [5.74, 6) is 0.518. The van der Waals surface area contributed by atoms with Crippen LogP contribution in [0.2, 0.25) is 10.0 Å². The fourth-order valence-electron chi connectivity index (χ4n) is 2.84. The molecule has 0 amide bonds. The summed E-state index contributed by atoms with van der Waals surface area (Å²) < 4.78 is 5.56. The number of aliphatic hydroxyl groups excluding tert-OH is 2. The predicted molar refractivity (Wildman–Crippen MR) is 88.8 cm³/mol. The van der Waals surface area contributed by atoms with Crippen LogP contribution in [0.15, 0.2) is 18.2 Å². The number of rotatable bonds is 6. The Morgan fingerprint density at radius 1 is 1.41 bits per heavy atom. The van der Waals surface area contributed by atoms with Crippen molar-refractivity contribution in [3.8, 4) is 5.75 Å². The van der Waals surface area contributed by atoms with Crippen molar-refractivity contribution < 1.29 is 14.9 Å². The number of nitrogens with zero attached hydrogens (tertiary/aromatic N) is 1. The number of ether oxygens (including phenoxy) is 1. The molecule has 0 radical (unpaired) electrons. The highest BCUT2D eigenvalue weighted by Gasteiger charge is 2.31. The minimum absolute atomic E-state index is 0.0711. The molecular weight excluding hydrogens is 325 g/mol. The third-order valence-corrected chi connectivity index (χ3v) is 4.57. The predicted octanol–water partition coefficient (Wildman–Crippen LogP) is 2.83. The Bertz CT molecular complexity index is 500. The lowest BCUT2D eigenvalue weighted by atomic mass is 9.83. The van der Waals surface area contributed by atoms with Crippen molar-refractivity contribution in [2.24, 2.45) is 5.41 Å². The highest BCUT2D eigenvalue weighted by molar-refractivity contribution is 6.35. The largest absolute Gasteiger partial charge is 0.489 e. The minimum Gasteiger partial charge on any atom is -0.489 e. The summed E-state index contributed by atoms with van der Waals surface area (Å²) in [6.45, 7) is 4.69. The van der Waals surface area contributed by atoms with Gasteiger partial charge in [0.25, 0.3) is 0 Å². The number of likely N-dealkylation sites (tertiary alicyclic amines) is 1. The molecule has 4 nitrogen and oxygen atoms in total. The lowest BCUT2D eigenvalue weighted by Gasteiger charge is -2.40. The van der Waals surface area contributed by atoms with Crippen LogP contribution in [0.25, 0.3) is 0 Å². The zero-order valence-corrected chi connectivity index (χ0v) is 14.3. The van der Waals surface area contributed by atoms with Gasteiger partial charge in [-0.05, 0) is 37.6 Å². The second-order valence-corrected chi connectivity index (χ2v) is 7.19. The van der Waals surface area contributed by atoms with Crippen LogP contribution in [0.4, 0.5) is 0 Å². The van der Waals surface area contributed by atoms with Gasteiger partial charge in [0.2, 0.25) is 0 Å². The normalized spacial score (nSPS) is 24.2. The van der Waals surface area contributed by atoms with Crippen LogP contribution < -0.4 is 4.74 Å². The summed E-state index contributed by atoms with van der Waals surface area (Å²) in [6.07, 6.45) is 1.45. The van der Waals surface area contributed by atoms with E-state index in [1.165, 1.54) is 0 Å². The Balaban J connectivity index is 1.81. The lowest BCUT2D eigenvalue weighted by molar-refractivity contribution is 0.0101. The van der Waals surface area contributed by atoms with Gasteiger partial charge in [0.05, 0.1) is 5.02 Å². The lowest BCUT2D eigenvalue weighted by Crippen LogP contribution is -2.47. The minimum atomic E-state index is -0.604. The van der Waals surface area contributed by atoms with Gasteiger partial charge >= 0.3 is 0 Å². The van der Waals surface area contributed by atoms with Gasteiger partial charge in [-0.2, -0.15) is 0 Å². The van der Waals surface area contributed by atoms with Crippen molar-refractivity contribution in [1.82, 2.24) is 4.90 Å². The molecule has 0 bridgehead atoms. The molecule has 0 spiro atoms. The van der Waals surface area contributed by atoms with Crippen molar-refractivity contribution in [2.45, 2.75) is 25.9 Å². The summed E-state index contributed by atoms with van der Waals surface area (Å²) >= 11 is 11.9. The average Bonchev–Trinajstić information content (AvgIpc) is 2.46. The van der Waals surface area contributed by atoms with Crippen molar-refractivity contribution in [3.63, 3.8) is 0 Å². The van der Waals surface area contributed by atoms with Gasteiger partial charge < -0.3 is 19.8 Å². The van der Waals surface area contributed by atoms with E-state index in [9.17, 15) is 10.2 Å². The molecular formula is C16H23Cl2NO3. The van der Waals surface area contributed by atoms with Crippen LogP contribution in [0.1, 0.15) is 19.8 Å². The van der Waals surface area contributed by atoms with Crippen molar-refractivity contribution >= 4 is 23.2 Å². The van der Waals surface area contributed by atoms with Gasteiger partial charge in [-0.15, -0.1) is 0 Å². The second kappa shape index (κ2) is 7.84. The summed E-state index contributed by atoms with van der Waals surface area (Å²) in [7, 11) is 0. The van der Waals surface area contributed by atoms with Crippen LogP contribution >= 0.6 is 23.2 Å². The summed E-state index contributed by atoms with van der Waals surface area (Å²) in [5.41, 5.74) is -0.0711. The molecule has 22 heavy (non-hydrogen) atoms. The Morgan fingerprint density at radius 2 is 2.18 bits per heavy atom. The topological polar surface area (TPSA) is 52.9 Å². The molecule has 2 N–H and O–H groups in total. The molecule has 1 aliphatic rings. The highest BCUT2D eigenvalue weighted by Crippen LogP contribution is 2.29. The third kappa shape index (κ3) is 5.00. The average molecular weight is 348 g/mol. The molecule has 1 heterocycles. The van der Waals surface area contributed by atoms with E-state index in [-0.39, 0.29) is 18.6 Å². The van der Waals surface area contributed by atoms with Crippen molar-refractivity contribution in [2.75, 3.05) is 32.8 Å². The molecule has 1 aromatic rings. The van der Waals surface area contributed by atoms with E-state index >= 15 is 0 Å². The van der Waals surface area contributed by atoms with Crippen LogP contribution in [0.3, 0.4) is 0 Å². The maximum Gasteiger partial charge on any atom is 0.138 e. The van der Waals surface area contributed by atoms with Gasteiger partial charge in [0.1, 0.15) is 18.5 Å². The molecule has 1 aromatic carbocycles. The van der Waals surface area contributed by atoms with E-state index < -0.39 is 6.10 Å². The molecule has 0 aromatic heterocycles. The van der Waals surface area contributed by atoms with E-state index in [4.69, 9.17) is 27.9 Å². The van der Waals surface area contributed by atoms with E-state index in [2.05, 4.69) is 11.8 Å². The first-order valence-corrected chi connectivity index (χ1v) is 8.26. The van der Waals surface area contributed by atoms with Crippen LogP contribution in [0.5, 0.6) is 5.75 Å². The first-order chi connectivity index (χ1) is 10.4. The SMILES string of the molecule is CC1(CO)CCCN(CC(O)COc2ccc(Cl)cc2Cl)C1. The van der Waals surface area contributed by atoms with Crippen LogP contribution in [0, 0.1) is 5.41 Å². The van der Waals surface area contributed by atoms with Crippen molar-refractivity contribution in [3.05, 3.63) is 28.2 Å². The smallest absolute Gasteiger partial charge is 0.138 e. The van der Waals surface area contributed by atoms with E-state index in [0.29, 0.717) is 22.3 Å². The molecule has 2 atom stereocenters. The van der Waals surface area contributed by atoms with Gasteiger partial charge in [-0.3, -0.25) is 0 Å². The van der Waals surface area contributed by atoms with Gasteiger partial charge in [-0.1, -0.05) is 30.1 Å². The summed E-state index contributed by atoms with van der Waals surface area (Å²) in [5, 5.41) is 20.6. The maximum atomic E-state index is 10.2. The van der Waals surface area contributed by atoms with E-state index in [1.807, 2.05) is 0 Å².